The summed E-state index contributed by atoms with van der Waals surface area (Å²) in [6.45, 7) is 7.59. The molecule has 4 rings (SSSR count). The van der Waals surface area contributed by atoms with Crippen LogP contribution in [-0.2, 0) is 4.74 Å². The topological polar surface area (TPSA) is 90.2 Å². The van der Waals surface area contributed by atoms with Gasteiger partial charge in [-0.05, 0) is 44.3 Å². The summed E-state index contributed by atoms with van der Waals surface area (Å²) in [4.78, 5) is 13.9. The molecule has 154 valence electrons. The third-order valence-electron chi connectivity index (χ3n) is 5.93. The molecule has 2 aliphatic rings. The van der Waals surface area contributed by atoms with Gasteiger partial charge in [-0.25, -0.2) is 4.98 Å². The first-order chi connectivity index (χ1) is 14.0. The van der Waals surface area contributed by atoms with Gasteiger partial charge < -0.3 is 15.0 Å². The molecule has 4 heterocycles. The first-order valence-electron chi connectivity index (χ1n) is 9.97. The number of rotatable bonds is 6. The number of aromatic nitrogens is 3. The first-order valence-corrected chi connectivity index (χ1v) is 10.7. The highest BCUT2D eigenvalue weighted by Crippen LogP contribution is 2.37. The van der Waals surface area contributed by atoms with Crippen LogP contribution in [0.1, 0.15) is 30.5 Å². The lowest BCUT2D eigenvalue weighted by molar-refractivity contribution is -0.0145. The highest BCUT2D eigenvalue weighted by Gasteiger charge is 2.49. The van der Waals surface area contributed by atoms with Crippen LogP contribution in [0.15, 0.2) is 12.3 Å². The second-order valence-corrected chi connectivity index (χ2v) is 8.80. The van der Waals surface area contributed by atoms with E-state index in [0.717, 1.165) is 61.1 Å². The predicted molar refractivity (Wildman–Crippen MR) is 114 cm³/mol. The quantitative estimate of drug-likeness (QED) is 0.773. The number of nitrogens with zero attached hydrogens (tertiary/aromatic N) is 6. The molecule has 0 amide bonds. The number of piperidine rings is 1. The predicted octanol–water partition coefficient (Wildman–Crippen LogP) is 2.88. The van der Waals surface area contributed by atoms with Crippen LogP contribution in [0.25, 0.3) is 0 Å². The van der Waals surface area contributed by atoms with Gasteiger partial charge >= 0.3 is 0 Å². The lowest BCUT2D eigenvalue weighted by atomic mass is 9.82. The van der Waals surface area contributed by atoms with Gasteiger partial charge in [-0.3, -0.25) is 4.90 Å². The maximum absolute atomic E-state index is 9.46. The Balaban J connectivity index is 1.47. The first kappa shape index (κ1) is 20.0. The molecule has 0 atom stereocenters. The highest BCUT2D eigenvalue weighted by molar-refractivity contribution is 7.10. The van der Waals surface area contributed by atoms with Crippen LogP contribution in [0, 0.1) is 25.2 Å². The van der Waals surface area contributed by atoms with Crippen LogP contribution in [0.4, 0.5) is 16.8 Å². The van der Waals surface area contributed by atoms with Gasteiger partial charge in [0.25, 0.3) is 0 Å². The second-order valence-electron chi connectivity index (χ2n) is 8.00. The average molecular weight is 414 g/mol. The zero-order valence-corrected chi connectivity index (χ0v) is 18.0. The number of hydrogen-bond donors (Lipinski definition) is 1. The largest absolute Gasteiger partial charge is 0.381 e. The fourth-order valence-corrected chi connectivity index (χ4v) is 4.95. The van der Waals surface area contributed by atoms with Crippen molar-refractivity contribution in [1.82, 2.24) is 19.2 Å². The van der Waals surface area contributed by atoms with E-state index in [-0.39, 0.29) is 5.54 Å². The number of nitriles is 1. The van der Waals surface area contributed by atoms with E-state index >= 15 is 0 Å². The fraction of sp³-hybridized carbons (Fsp3) is 0.600. The van der Waals surface area contributed by atoms with Crippen molar-refractivity contribution in [2.75, 3.05) is 43.5 Å². The van der Waals surface area contributed by atoms with Crippen molar-refractivity contribution in [1.29, 1.82) is 5.26 Å². The molecule has 0 bridgehead atoms. The number of likely N-dealkylation sites (tertiary alicyclic amines) is 1. The third kappa shape index (κ3) is 4.06. The molecular weight excluding hydrogens is 386 g/mol. The minimum Gasteiger partial charge on any atom is -0.381 e. The molecule has 0 unspecified atom stereocenters. The summed E-state index contributed by atoms with van der Waals surface area (Å²) < 4.78 is 9.79. The van der Waals surface area contributed by atoms with E-state index in [1.54, 1.807) is 7.11 Å². The Hall–Kier alpha value is -2.28. The van der Waals surface area contributed by atoms with Gasteiger partial charge in [-0.1, -0.05) is 0 Å². The van der Waals surface area contributed by atoms with Gasteiger partial charge in [0.1, 0.15) is 10.8 Å². The van der Waals surface area contributed by atoms with Gasteiger partial charge in [-0.15, -0.1) is 0 Å². The Morgan fingerprint density at radius 3 is 2.72 bits per heavy atom. The molecule has 0 spiro atoms. The number of aryl methyl sites for hydroxylation is 2. The SMILES string of the molecule is COC1CCN(C2(CC#N)CN(c3nc(Nc4cc(C)ns4)ncc3C)C2)CC1. The zero-order chi connectivity index (χ0) is 20.4. The monoisotopic (exact) mass is 413 g/mol. The fourth-order valence-electron chi connectivity index (χ4n) is 4.30. The number of methoxy groups -OCH3 is 1. The van der Waals surface area contributed by atoms with E-state index < -0.39 is 0 Å². The van der Waals surface area contributed by atoms with Crippen molar-refractivity contribution in [3.05, 3.63) is 23.5 Å². The lowest BCUT2D eigenvalue weighted by Crippen LogP contribution is -2.71. The standard InChI is InChI=1S/C20H27N7OS/c1-14-11-22-19(23-17-10-15(2)25-29-17)24-18(14)26-12-20(13-26,6-7-21)27-8-4-16(28-3)5-9-27/h10-11,16H,4-6,8-9,12-13H2,1-3H3,(H,22,23,24). The minimum atomic E-state index is -0.0901. The van der Waals surface area contributed by atoms with Crippen LogP contribution in [-0.4, -0.2) is 64.2 Å². The summed E-state index contributed by atoms with van der Waals surface area (Å²) >= 11 is 1.40. The number of nitrogens with one attached hydrogen (secondary N) is 1. The molecule has 2 aliphatic heterocycles. The summed E-state index contributed by atoms with van der Waals surface area (Å²) in [5.41, 5.74) is 1.93. The average Bonchev–Trinajstić information content (AvgIpc) is 3.11. The molecule has 2 aromatic heterocycles. The summed E-state index contributed by atoms with van der Waals surface area (Å²) in [5, 5.41) is 13.6. The highest BCUT2D eigenvalue weighted by atomic mass is 32.1. The molecule has 0 saturated carbocycles. The van der Waals surface area contributed by atoms with Crippen molar-refractivity contribution in [2.24, 2.45) is 0 Å². The van der Waals surface area contributed by atoms with Gasteiger partial charge in [0.05, 0.1) is 29.8 Å². The van der Waals surface area contributed by atoms with Gasteiger partial charge in [0.15, 0.2) is 0 Å². The zero-order valence-electron chi connectivity index (χ0n) is 17.2. The van der Waals surface area contributed by atoms with E-state index in [1.807, 2.05) is 26.1 Å². The third-order valence-corrected chi connectivity index (χ3v) is 6.73. The molecule has 1 N–H and O–H groups in total. The Morgan fingerprint density at radius 2 is 2.10 bits per heavy atom. The van der Waals surface area contributed by atoms with E-state index in [4.69, 9.17) is 9.72 Å². The van der Waals surface area contributed by atoms with Crippen molar-refractivity contribution >= 4 is 28.3 Å². The molecule has 9 heteroatoms. The maximum atomic E-state index is 9.46. The van der Waals surface area contributed by atoms with Crippen LogP contribution in [0.3, 0.4) is 0 Å². The maximum Gasteiger partial charge on any atom is 0.229 e. The summed E-state index contributed by atoms with van der Waals surface area (Å²) in [6.07, 6.45) is 4.79. The van der Waals surface area contributed by atoms with Crippen molar-refractivity contribution in [2.45, 2.75) is 44.8 Å². The molecular formula is C20H27N7OS. The smallest absolute Gasteiger partial charge is 0.229 e. The van der Waals surface area contributed by atoms with Crippen molar-refractivity contribution in [3.63, 3.8) is 0 Å². The second kappa shape index (κ2) is 8.22. The van der Waals surface area contributed by atoms with Crippen LogP contribution in [0.2, 0.25) is 0 Å². The molecule has 0 radical (unpaired) electrons. The molecule has 2 fully saturated rings. The molecule has 29 heavy (non-hydrogen) atoms. The van der Waals surface area contributed by atoms with Crippen molar-refractivity contribution < 1.29 is 4.74 Å². The Labute approximate surface area is 175 Å². The van der Waals surface area contributed by atoms with E-state index in [0.29, 0.717) is 18.5 Å². The van der Waals surface area contributed by atoms with Gasteiger partial charge in [0, 0.05) is 45.0 Å². The molecule has 2 aromatic rings. The molecule has 0 aliphatic carbocycles. The van der Waals surface area contributed by atoms with Gasteiger partial charge in [0.2, 0.25) is 5.95 Å². The molecule has 0 aromatic carbocycles. The van der Waals surface area contributed by atoms with Crippen LogP contribution in [0.5, 0.6) is 0 Å². The normalized spacial score (nSPS) is 19.6. The van der Waals surface area contributed by atoms with Crippen molar-refractivity contribution in [3.8, 4) is 6.07 Å². The van der Waals surface area contributed by atoms with Gasteiger partial charge in [-0.2, -0.15) is 14.6 Å². The van der Waals surface area contributed by atoms with Crippen LogP contribution >= 0.6 is 11.5 Å². The lowest BCUT2D eigenvalue weighted by Gasteiger charge is -2.57. The molecule has 8 nitrogen and oxygen atoms in total. The van der Waals surface area contributed by atoms with Crippen LogP contribution < -0.4 is 10.2 Å². The summed E-state index contributed by atoms with van der Waals surface area (Å²) in [6, 6.07) is 4.40. The Kier molecular flexibility index (Phi) is 5.67. The van der Waals surface area contributed by atoms with E-state index in [2.05, 4.69) is 30.5 Å². The number of hydrogen-bond acceptors (Lipinski definition) is 9. The molecule has 2 saturated heterocycles. The Morgan fingerprint density at radius 1 is 1.34 bits per heavy atom. The Bertz CT molecular complexity index is 894. The summed E-state index contributed by atoms with van der Waals surface area (Å²) in [7, 11) is 1.79. The minimum absolute atomic E-state index is 0.0901. The summed E-state index contributed by atoms with van der Waals surface area (Å²) in [5.74, 6) is 1.51. The van der Waals surface area contributed by atoms with E-state index in [9.17, 15) is 5.26 Å². The number of anilines is 3. The van der Waals surface area contributed by atoms with E-state index in [1.165, 1.54) is 11.5 Å². The number of ether oxygens (including phenoxy) is 1.